The van der Waals surface area contributed by atoms with E-state index in [-0.39, 0.29) is 6.42 Å². The predicted octanol–water partition coefficient (Wildman–Crippen LogP) is 2.52. The van der Waals surface area contributed by atoms with E-state index >= 15 is 0 Å². The average Bonchev–Trinajstić information content (AvgIpc) is 2.30. The molecule has 0 aliphatic heterocycles. The van der Waals surface area contributed by atoms with Crippen molar-refractivity contribution >= 4 is 21.9 Å². The number of carbonyl (C=O) groups is 1. The number of halogens is 1. The fourth-order valence-corrected chi connectivity index (χ4v) is 3.01. The van der Waals surface area contributed by atoms with Crippen LogP contribution in [0.25, 0.3) is 0 Å². The summed E-state index contributed by atoms with van der Waals surface area (Å²) in [5.74, 6) is -1.20. The second-order valence-corrected chi connectivity index (χ2v) is 5.14. The smallest absolute Gasteiger partial charge is 0.385 e. The van der Waals surface area contributed by atoms with E-state index in [1.165, 1.54) is 7.11 Å². The molecule has 6 heteroatoms. The summed E-state index contributed by atoms with van der Waals surface area (Å²) in [4.78, 5) is 22.6. The minimum atomic E-state index is -1.63. The van der Waals surface area contributed by atoms with Gasteiger partial charge in [0.1, 0.15) is 0 Å². The average molecular weight is 314 g/mol. The van der Waals surface area contributed by atoms with E-state index < -0.39 is 22.3 Å². The number of esters is 1. The summed E-state index contributed by atoms with van der Waals surface area (Å²) < 4.78 is 5.40. The van der Waals surface area contributed by atoms with Gasteiger partial charge in [-0.2, -0.15) is 0 Å². The van der Waals surface area contributed by atoms with Gasteiger partial charge in [0.05, 0.1) is 13.0 Å². The van der Waals surface area contributed by atoms with Gasteiger partial charge in [0.15, 0.2) is 0 Å². The number of methoxy groups -OCH3 is 1. The molecule has 0 N–H and O–H groups in total. The SMILES string of the molecule is COC(=O)C1([N+](=O)[O-])CCC1c1ccccc1Br. The molecule has 0 saturated heterocycles. The highest BCUT2D eigenvalue weighted by Crippen LogP contribution is 2.50. The van der Waals surface area contributed by atoms with Crippen molar-refractivity contribution in [1.29, 1.82) is 0 Å². The Balaban J connectivity index is 2.44. The van der Waals surface area contributed by atoms with Gasteiger partial charge < -0.3 is 4.74 Å². The van der Waals surface area contributed by atoms with Gasteiger partial charge in [0.25, 0.3) is 0 Å². The van der Waals surface area contributed by atoms with E-state index in [2.05, 4.69) is 20.7 Å². The lowest BCUT2D eigenvalue weighted by atomic mass is 9.64. The molecule has 0 bridgehead atoms. The van der Waals surface area contributed by atoms with Crippen molar-refractivity contribution in [3.05, 3.63) is 44.4 Å². The summed E-state index contributed by atoms with van der Waals surface area (Å²) in [6, 6.07) is 7.25. The predicted molar refractivity (Wildman–Crippen MR) is 67.9 cm³/mol. The first-order valence-corrected chi connectivity index (χ1v) is 6.30. The first-order chi connectivity index (χ1) is 8.54. The van der Waals surface area contributed by atoms with Crippen LogP contribution in [0.5, 0.6) is 0 Å². The van der Waals surface area contributed by atoms with E-state index in [0.717, 1.165) is 10.0 Å². The molecule has 1 aliphatic rings. The zero-order valence-corrected chi connectivity index (χ0v) is 11.3. The third kappa shape index (κ3) is 1.71. The van der Waals surface area contributed by atoms with Crippen LogP contribution in [0.2, 0.25) is 0 Å². The highest BCUT2D eigenvalue weighted by Gasteiger charge is 2.65. The van der Waals surface area contributed by atoms with Crippen LogP contribution in [0.3, 0.4) is 0 Å². The lowest BCUT2D eigenvalue weighted by molar-refractivity contribution is -0.575. The molecule has 0 amide bonds. The fourth-order valence-electron chi connectivity index (χ4n) is 2.45. The van der Waals surface area contributed by atoms with E-state index in [0.29, 0.717) is 6.42 Å². The monoisotopic (exact) mass is 313 g/mol. The summed E-state index contributed by atoms with van der Waals surface area (Å²) in [5, 5.41) is 11.3. The van der Waals surface area contributed by atoms with Gasteiger partial charge in [0.2, 0.25) is 0 Å². The van der Waals surface area contributed by atoms with Gasteiger partial charge in [-0.15, -0.1) is 0 Å². The molecule has 1 aliphatic carbocycles. The van der Waals surface area contributed by atoms with E-state index in [1.807, 2.05) is 12.1 Å². The second kappa shape index (κ2) is 4.68. The number of hydrogen-bond donors (Lipinski definition) is 0. The normalized spacial score (nSPS) is 26.2. The number of ether oxygens (including phenoxy) is 1. The summed E-state index contributed by atoms with van der Waals surface area (Å²) in [7, 11) is 1.18. The van der Waals surface area contributed by atoms with Crippen LogP contribution in [0.15, 0.2) is 28.7 Å². The molecule has 1 aromatic rings. The van der Waals surface area contributed by atoms with Gasteiger partial charge in [0, 0.05) is 15.8 Å². The van der Waals surface area contributed by atoms with Crippen molar-refractivity contribution in [2.75, 3.05) is 7.11 Å². The molecule has 96 valence electrons. The number of hydrogen-bond acceptors (Lipinski definition) is 4. The number of benzene rings is 1. The van der Waals surface area contributed by atoms with Crippen LogP contribution in [0.1, 0.15) is 24.3 Å². The van der Waals surface area contributed by atoms with Crippen LogP contribution >= 0.6 is 15.9 Å². The van der Waals surface area contributed by atoms with E-state index in [4.69, 9.17) is 0 Å². The first kappa shape index (κ1) is 13.0. The van der Waals surface area contributed by atoms with Crippen molar-refractivity contribution in [3.63, 3.8) is 0 Å². The minimum Gasteiger partial charge on any atom is -0.464 e. The molecular weight excluding hydrogens is 302 g/mol. The molecule has 0 spiro atoms. The van der Waals surface area contributed by atoms with Gasteiger partial charge in [-0.05, 0) is 18.1 Å². The zero-order valence-electron chi connectivity index (χ0n) is 9.76. The minimum absolute atomic E-state index is 0.221. The molecule has 1 saturated carbocycles. The Morgan fingerprint density at radius 1 is 1.56 bits per heavy atom. The topological polar surface area (TPSA) is 69.4 Å². The van der Waals surface area contributed by atoms with Crippen LogP contribution in [0.4, 0.5) is 0 Å². The van der Waals surface area contributed by atoms with Crippen molar-refractivity contribution in [2.45, 2.75) is 24.3 Å². The number of nitro groups is 1. The summed E-state index contributed by atoms with van der Waals surface area (Å²) in [6.45, 7) is 0. The van der Waals surface area contributed by atoms with Crippen molar-refractivity contribution in [2.24, 2.45) is 0 Å². The molecule has 5 nitrogen and oxygen atoms in total. The maximum Gasteiger partial charge on any atom is 0.385 e. The Morgan fingerprint density at radius 3 is 2.67 bits per heavy atom. The van der Waals surface area contributed by atoms with Gasteiger partial charge >= 0.3 is 11.5 Å². The molecule has 2 rings (SSSR count). The lowest BCUT2D eigenvalue weighted by Crippen LogP contribution is -2.58. The Morgan fingerprint density at radius 2 is 2.22 bits per heavy atom. The Labute approximate surface area is 112 Å². The van der Waals surface area contributed by atoms with Crippen molar-refractivity contribution in [3.8, 4) is 0 Å². The molecule has 1 aromatic carbocycles. The third-order valence-corrected chi connectivity index (χ3v) is 4.26. The summed E-state index contributed by atoms with van der Waals surface area (Å²) in [5.41, 5.74) is -0.843. The maximum atomic E-state index is 11.8. The van der Waals surface area contributed by atoms with Crippen LogP contribution in [0, 0.1) is 10.1 Å². The lowest BCUT2D eigenvalue weighted by Gasteiger charge is -2.39. The fraction of sp³-hybridized carbons (Fsp3) is 0.417. The maximum absolute atomic E-state index is 11.8. The van der Waals surface area contributed by atoms with Gasteiger partial charge in [-0.25, -0.2) is 4.79 Å². The van der Waals surface area contributed by atoms with E-state index in [9.17, 15) is 14.9 Å². The van der Waals surface area contributed by atoms with Crippen molar-refractivity contribution in [1.82, 2.24) is 0 Å². The first-order valence-electron chi connectivity index (χ1n) is 5.51. The Kier molecular flexibility index (Phi) is 3.38. The van der Waals surface area contributed by atoms with Crippen LogP contribution < -0.4 is 0 Å². The molecular formula is C12H12BrNO4. The van der Waals surface area contributed by atoms with Gasteiger partial charge in [-0.1, -0.05) is 34.1 Å². The van der Waals surface area contributed by atoms with Gasteiger partial charge in [-0.3, -0.25) is 10.1 Å². The molecule has 2 unspecified atom stereocenters. The molecule has 0 radical (unpaired) electrons. The van der Waals surface area contributed by atoms with E-state index in [1.54, 1.807) is 12.1 Å². The highest BCUT2D eigenvalue weighted by atomic mass is 79.9. The third-order valence-electron chi connectivity index (χ3n) is 3.54. The molecule has 1 fully saturated rings. The molecule has 0 aromatic heterocycles. The second-order valence-electron chi connectivity index (χ2n) is 4.29. The Bertz CT molecular complexity index is 505. The van der Waals surface area contributed by atoms with Crippen LogP contribution in [-0.4, -0.2) is 23.5 Å². The zero-order chi connectivity index (χ0) is 13.3. The Hall–Kier alpha value is -1.43. The molecule has 2 atom stereocenters. The number of carbonyl (C=O) groups excluding carboxylic acids is 1. The summed E-state index contributed by atoms with van der Waals surface area (Å²) >= 11 is 3.37. The number of rotatable bonds is 3. The highest BCUT2D eigenvalue weighted by molar-refractivity contribution is 9.10. The largest absolute Gasteiger partial charge is 0.464 e. The molecule has 18 heavy (non-hydrogen) atoms. The standard InChI is InChI=1S/C12H12BrNO4/c1-18-11(15)12(14(16)17)7-6-9(12)8-4-2-3-5-10(8)13/h2-5,9H,6-7H2,1H3. The number of nitrogens with zero attached hydrogens (tertiary/aromatic N) is 1. The van der Waals surface area contributed by atoms with Crippen molar-refractivity contribution < 1.29 is 14.5 Å². The quantitative estimate of drug-likeness (QED) is 0.488. The van der Waals surface area contributed by atoms with Crippen LogP contribution in [-0.2, 0) is 9.53 Å². The summed E-state index contributed by atoms with van der Waals surface area (Å²) in [6.07, 6.45) is 0.831. The molecule has 0 heterocycles.